The third-order valence-electron chi connectivity index (χ3n) is 1.85. The number of benzene rings is 1. The normalized spacial score (nSPS) is 9.43. The summed E-state index contributed by atoms with van der Waals surface area (Å²) in [6, 6.07) is 9.73. The molecule has 0 N–H and O–H groups in total. The van der Waals surface area contributed by atoms with Crippen LogP contribution in [0.25, 0.3) is 0 Å². The van der Waals surface area contributed by atoms with E-state index >= 15 is 0 Å². The first kappa shape index (κ1) is 10.4. The Morgan fingerprint density at radius 1 is 1.29 bits per heavy atom. The molecule has 0 heterocycles. The highest BCUT2D eigenvalue weighted by atomic mass is 16.5. The number of aryl methyl sites for hydroxylation is 1. The van der Waals surface area contributed by atoms with Gasteiger partial charge in [-0.05, 0) is 12.0 Å². The average molecular weight is 192 g/mol. The number of carbonyl (C=O) groups is 2. The molecule has 1 aromatic carbocycles. The molecule has 0 aliphatic rings. The Kier molecular flexibility index (Phi) is 4.41. The first-order valence-electron chi connectivity index (χ1n) is 4.44. The fraction of sp³-hybridized carbons (Fsp3) is 0.273. The van der Waals surface area contributed by atoms with Gasteiger partial charge >= 0.3 is 0 Å². The van der Waals surface area contributed by atoms with Crippen LogP contribution in [0.3, 0.4) is 0 Å². The molecule has 0 atom stereocenters. The van der Waals surface area contributed by atoms with Gasteiger partial charge in [0.15, 0.2) is 5.78 Å². The molecule has 1 rings (SSSR count). The molecule has 0 saturated heterocycles. The van der Waals surface area contributed by atoms with Gasteiger partial charge in [-0.3, -0.25) is 9.59 Å². The van der Waals surface area contributed by atoms with E-state index in [1.165, 1.54) is 0 Å². The molecule has 3 nitrogen and oxygen atoms in total. The lowest BCUT2D eigenvalue weighted by atomic mass is 10.1. The highest BCUT2D eigenvalue weighted by Gasteiger charge is 2.02. The van der Waals surface area contributed by atoms with Crippen molar-refractivity contribution >= 4 is 12.3 Å². The summed E-state index contributed by atoms with van der Waals surface area (Å²) in [6.45, 7) is 0.177. The Morgan fingerprint density at radius 2 is 2.00 bits per heavy atom. The maximum atomic E-state index is 11.1. The molecule has 0 aliphatic carbocycles. The molecule has 0 saturated carbocycles. The summed E-state index contributed by atoms with van der Waals surface area (Å²) in [4.78, 5) is 20.9. The molecule has 3 heteroatoms. The number of rotatable bonds is 6. The number of ketones is 1. The second-order valence-corrected chi connectivity index (χ2v) is 2.93. The number of Topliss-reactive ketones (excluding diaryl/α,β-unsaturated/α-hetero) is 1. The van der Waals surface area contributed by atoms with E-state index in [0.29, 0.717) is 19.3 Å². The summed E-state index contributed by atoms with van der Waals surface area (Å²) in [5.41, 5.74) is 1.12. The molecule has 0 fully saturated rings. The van der Waals surface area contributed by atoms with E-state index in [0.717, 1.165) is 5.56 Å². The largest absolute Gasteiger partial charge is 0.460 e. The van der Waals surface area contributed by atoms with Crippen molar-refractivity contribution in [3.05, 3.63) is 35.9 Å². The SMILES string of the molecule is O=COCC(=O)CCc1ccccc1. The zero-order chi connectivity index (χ0) is 10.2. The lowest BCUT2D eigenvalue weighted by molar-refractivity contribution is -0.136. The standard InChI is InChI=1S/C11H12O3/c12-9-14-8-11(13)7-6-10-4-2-1-3-5-10/h1-5,9H,6-8H2. The predicted octanol–water partition coefficient (Wildman–Crippen LogP) is 1.36. The van der Waals surface area contributed by atoms with Crippen LogP contribution in [0.4, 0.5) is 0 Å². The minimum absolute atomic E-state index is 0.0547. The van der Waals surface area contributed by atoms with E-state index in [1.807, 2.05) is 30.3 Å². The monoisotopic (exact) mass is 192 g/mol. The quantitative estimate of drug-likeness (QED) is 0.639. The highest BCUT2D eigenvalue weighted by molar-refractivity contribution is 5.80. The number of carbonyl (C=O) groups excluding carboxylic acids is 2. The minimum atomic E-state index is -0.115. The van der Waals surface area contributed by atoms with Crippen molar-refractivity contribution in [3.63, 3.8) is 0 Å². The van der Waals surface area contributed by atoms with Crippen LogP contribution in [0, 0.1) is 0 Å². The molecule has 74 valence electrons. The Balaban J connectivity index is 2.27. The molecular weight excluding hydrogens is 180 g/mol. The highest BCUT2D eigenvalue weighted by Crippen LogP contribution is 2.02. The van der Waals surface area contributed by atoms with E-state index in [-0.39, 0.29) is 12.4 Å². The molecule has 0 aliphatic heterocycles. The maximum Gasteiger partial charge on any atom is 0.293 e. The van der Waals surface area contributed by atoms with Crippen molar-refractivity contribution in [3.8, 4) is 0 Å². The fourth-order valence-corrected chi connectivity index (χ4v) is 1.13. The van der Waals surface area contributed by atoms with E-state index in [9.17, 15) is 9.59 Å². The summed E-state index contributed by atoms with van der Waals surface area (Å²) in [6.07, 6.45) is 1.11. The summed E-state index contributed by atoms with van der Waals surface area (Å²) < 4.78 is 4.35. The molecule has 0 aromatic heterocycles. The van der Waals surface area contributed by atoms with Crippen molar-refractivity contribution in [2.75, 3.05) is 6.61 Å². The molecule has 0 spiro atoms. The summed E-state index contributed by atoms with van der Waals surface area (Å²) in [7, 11) is 0. The lowest BCUT2D eigenvalue weighted by Crippen LogP contribution is -2.08. The van der Waals surface area contributed by atoms with Crippen LogP contribution in [-0.2, 0) is 20.7 Å². The van der Waals surface area contributed by atoms with Gasteiger partial charge in [0.05, 0.1) is 0 Å². The van der Waals surface area contributed by atoms with Gasteiger partial charge in [-0.1, -0.05) is 30.3 Å². The van der Waals surface area contributed by atoms with Crippen molar-refractivity contribution in [1.82, 2.24) is 0 Å². The van der Waals surface area contributed by atoms with Crippen LogP contribution >= 0.6 is 0 Å². The van der Waals surface area contributed by atoms with E-state index in [2.05, 4.69) is 4.74 Å². The zero-order valence-electron chi connectivity index (χ0n) is 7.81. The summed E-state index contributed by atoms with van der Waals surface area (Å²) in [5, 5.41) is 0. The van der Waals surface area contributed by atoms with Crippen molar-refractivity contribution in [1.29, 1.82) is 0 Å². The Morgan fingerprint density at radius 3 is 2.64 bits per heavy atom. The van der Waals surface area contributed by atoms with Gasteiger partial charge in [0.1, 0.15) is 6.61 Å². The van der Waals surface area contributed by atoms with Crippen molar-refractivity contribution < 1.29 is 14.3 Å². The van der Waals surface area contributed by atoms with Crippen molar-refractivity contribution in [2.24, 2.45) is 0 Å². The van der Waals surface area contributed by atoms with Gasteiger partial charge in [0.2, 0.25) is 0 Å². The van der Waals surface area contributed by atoms with Crippen LogP contribution < -0.4 is 0 Å². The van der Waals surface area contributed by atoms with Crippen molar-refractivity contribution in [2.45, 2.75) is 12.8 Å². The van der Waals surface area contributed by atoms with Gasteiger partial charge in [0.25, 0.3) is 6.47 Å². The average Bonchev–Trinajstić information content (AvgIpc) is 2.25. The van der Waals surface area contributed by atoms with Gasteiger partial charge in [-0.15, -0.1) is 0 Å². The van der Waals surface area contributed by atoms with Crippen LogP contribution in [0.1, 0.15) is 12.0 Å². The second kappa shape index (κ2) is 5.91. The van der Waals surface area contributed by atoms with Gasteiger partial charge in [-0.25, -0.2) is 0 Å². The lowest BCUT2D eigenvalue weighted by Gasteiger charge is -1.99. The second-order valence-electron chi connectivity index (χ2n) is 2.93. The Labute approximate surface area is 82.7 Å². The van der Waals surface area contributed by atoms with Crippen LogP contribution in [0.2, 0.25) is 0 Å². The predicted molar refractivity (Wildman–Crippen MR) is 51.8 cm³/mol. The summed E-state index contributed by atoms with van der Waals surface area (Å²) in [5.74, 6) is -0.0547. The van der Waals surface area contributed by atoms with Gasteiger partial charge in [0, 0.05) is 6.42 Å². The third-order valence-corrected chi connectivity index (χ3v) is 1.85. The molecular formula is C11H12O3. The van der Waals surface area contributed by atoms with Gasteiger partial charge < -0.3 is 4.74 Å². The first-order valence-corrected chi connectivity index (χ1v) is 4.44. The number of ether oxygens (including phenoxy) is 1. The van der Waals surface area contributed by atoms with E-state index in [1.54, 1.807) is 0 Å². The minimum Gasteiger partial charge on any atom is -0.460 e. The van der Waals surface area contributed by atoms with E-state index < -0.39 is 0 Å². The van der Waals surface area contributed by atoms with Crippen LogP contribution in [-0.4, -0.2) is 18.9 Å². The zero-order valence-corrected chi connectivity index (χ0v) is 7.81. The third kappa shape index (κ3) is 3.85. The fourth-order valence-electron chi connectivity index (χ4n) is 1.13. The first-order chi connectivity index (χ1) is 6.83. The van der Waals surface area contributed by atoms with Crippen LogP contribution in [0.15, 0.2) is 30.3 Å². The smallest absolute Gasteiger partial charge is 0.293 e. The van der Waals surface area contributed by atoms with Gasteiger partial charge in [-0.2, -0.15) is 0 Å². The Hall–Kier alpha value is -1.64. The topological polar surface area (TPSA) is 43.4 Å². The molecule has 14 heavy (non-hydrogen) atoms. The maximum absolute atomic E-state index is 11.1. The molecule has 1 aromatic rings. The Bertz CT molecular complexity index is 293. The molecule has 0 unspecified atom stereocenters. The number of hydrogen-bond acceptors (Lipinski definition) is 3. The molecule has 0 amide bonds. The summed E-state index contributed by atoms with van der Waals surface area (Å²) >= 11 is 0. The molecule has 0 bridgehead atoms. The number of hydrogen-bond donors (Lipinski definition) is 0. The molecule has 0 radical (unpaired) electrons. The van der Waals surface area contributed by atoms with Crippen LogP contribution in [0.5, 0.6) is 0 Å². The van der Waals surface area contributed by atoms with E-state index in [4.69, 9.17) is 0 Å².